The highest BCUT2D eigenvalue weighted by molar-refractivity contribution is 7.92. The van der Waals surface area contributed by atoms with Gasteiger partial charge in [-0.2, -0.15) is 0 Å². The summed E-state index contributed by atoms with van der Waals surface area (Å²) < 4.78 is 38.1. The normalized spacial score (nSPS) is 16.1. The molecule has 1 aliphatic heterocycles. The minimum absolute atomic E-state index is 0.0392. The lowest BCUT2D eigenvalue weighted by Crippen LogP contribution is -2.53. The fraction of sp³-hybridized carbons (Fsp3) is 0.481. The summed E-state index contributed by atoms with van der Waals surface area (Å²) in [7, 11) is -3.85. The van der Waals surface area contributed by atoms with Crippen LogP contribution in [0, 0.1) is 0 Å². The van der Waals surface area contributed by atoms with Crippen molar-refractivity contribution in [2.45, 2.75) is 64.6 Å². The molecule has 38 heavy (non-hydrogen) atoms. The van der Waals surface area contributed by atoms with Crippen molar-refractivity contribution < 1.29 is 27.5 Å². The summed E-state index contributed by atoms with van der Waals surface area (Å²) >= 11 is 6.39. The van der Waals surface area contributed by atoms with Crippen LogP contribution in [0.15, 0.2) is 42.5 Å². The lowest BCUT2D eigenvalue weighted by molar-refractivity contribution is -0.139. The molecule has 4 rings (SSSR count). The first-order valence-electron chi connectivity index (χ1n) is 12.9. The molecule has 0 aromatic heterocycles. The zero-order valence-corrected chi connectivity index (χ0v) is 23.3. The molecule has 0 bridgehead atoms. The smallest absolute Gasteiger partial charge is 0.244 e. The van der Waals surface area contributed by atoms with Gasteiger partial charge in [0, 0.05) is 23.7 Å². The molecule has 1 heterocycles. The summed E-state index contributed by atoms with van der Waals surface area (Å²) in [5, 5.41) is 3.54. The average Bonchev–Trinajstić information content (AvgIpc) is 3.39. The first kappa shape index (κ1) is 28.0. The Morgan fingerprint density at radius 3 is 2.50 bits per heavy atom. The summed E-state index contributed by atoms with van der Waals surface area (Å²) in [5.41, 5.74) is 0.939. The number of fused-ring (bicyclic) bond motifs is 1. The predicted octanol–water partition coefficient (Wildman–Crippen LogP) is 4.09. The Balaban J connectivity index is 1.61. The maximum atomic E-state index is 13.8. The highest BCUT2D eigenvalue weighted by Gasteiger charge is 2.32. The third-order valence-electron chi connectivity index (χ3n) is 7.04. The number of nitrogens with zero attached hydrogens (tertiary/aromatic N) is 2. The number of nitrogens with one attached hydrogen (secondary N) is 1. The van der Waals surface area contributed by atoms with Crippen LogP contribution >= 0.6 is 11.6 Å². The van der Waals surface area contributed by atoms with Crippen LogP contribution in [0.5, 0.6) is 11.5 Å². The number of halogens is 1. The van der Waals surface area contributed by atoms with Gasteiger partial charge in [-0.25, -0.2) is 8.42 Å². The zero-order valence-electron chi connectivity index (χ0n) is 21.7. The Bertz CT molecular complexity index is 1270. The molecule has 1 aliphatic carbocycles. The molecule has 206 valence electrons. The van der Waals surface area contributed by atoms with Gasteiger partial charge >= 0.3 is 0 Å². The quantitative estimate of drug-likeness (QED) is 0.467. The van der Waals surface area contributed by atoms with Crippen molar-refractivity contribution in [3.63, 3.8) is 0 Å². The molecule has 0 saturated heterocycles. The van der Waals surface area contributed by atoms with Crippen LogP contribution in [-0.4, -0.2) is 56.3 Å². The Hall–Kier alpha value is -2.98. The molecule has 1 atom stereocenters. The maximum Gasteiger partial charge on any atom is 0.244 e. The van der Waals surface area contributed by atoms with Crippen LogP contribution < -0.4 is 19.1 Å². The summed E-state index contributed by atoms with van der Waals surface area (Å²) in [6.45, 7) is 2.78. The number of carbonyl (C=O) groups excluding carboxylic acids is 2. The molecule has 0 spiro atoms. The van der Waals surface area contributed by atoms with Crippen molar-refractivity contribution in [1.82, 2.24) is 10.2 Å². The molecule has 2 amide bonds. The van der Waals surface area contributed by atoms with E-state index in [-0.39, 0.29) is 36.7 Å². The number of carbonyl (C=O) groups is 2. The number of hydrogen-bond acceptors (Lipinski definition) is 6. The second-order valence-electron chi connectivity index (χ2n) is 9.58. The standard InChI is InChI=1S/C27H34ClN3O6S/c1-3-38(34,35)31(22-13-14-24-25(15-22)37-18-36-24)17-26(32)30(16-20-9-7-8-12-23(20)28)19(2)27(33)29-21-10-5-4-6-11-21/h7-9,12-15,19,21H,3-6,10-11,16-18H2,1-2H3,(H,29,33)/t19-/m1/s1. The van der Waals surface area contributed by atoms with E-state index in [9.17, 15) is 18.0 Å². The van der Waals surface area contributed by atoms with Gasteiger partial charge in [-0.1, -0.05) is 49.1 Å². The predicted molar refractivity (Wildman–Crippen MR) is 146 cm³/mol. The van der Waals surface area contributed by atoms with Crippen molar-refractivity contribution in [1.29, 1.82) is 0 Å². The Morgan fingerprint density at radius 1 is 1.08 bits per heavy atom. The van der Waals surface area contributed by atoms with Gasteiger partial charge < -0.3 is 19.7 Å². The second kappa shape index (κ2) is 12.3. The molecular formula is C27H34ClN3O6S. The van der Waals surface area contributed by atoms with Crippen LogP contribution in [0.3, 0.4) is 0 Å². The summed E-state index contributed by atoms with van der Waals surface area (Å²) in [5.74, 6) is -0.102. The van der Waals surface area contributed by atoms with Crippen LogP contribution in [-0.2, 0) is 26.2 Å². The lowest BCUT2D eigenvalue weighted by atomic mass is 9.95. The molecule has 2 aromatic carbocycles. The van der Waals surface area contributed by atoms with Gasteiger partial charge in [-0.3, -0.25) is 13.9 Å². The Morgan fingerprint density at radius 2 is 1.79 bits per heavy atom. The van der Waals surface area contributed by atoms with Crippen molar-refractivity contribution in [2.75, 3.05) is 23.4 Å². The van der Waals surface area contributed by atoms with Gasteiger partial charge in [-0.05, 0) is 50.5 Å². The highest BCUT2D eigenvalue weighted by atomic mass is 35.5. The number of amides is 2. The van der Waals surface area contributed by atoms with E-state index in [0.717, 1.165) is 36.4 Å². The number of anilines is 1. The van der Waals surface area contributed by atoms with E-state index in [4.69, 9.17) is 21.1 Å². The Kier molecular flexibility index (Phi) is 9.04. The lowest BCUT2D eigenvalue weighted by Gasteiger charge is -2.33. The van der Waals surface area contributed by atoms with Gasteiger partial charge in [0.25, 0.3) is 0 Å². The van der Waals surface area contributed by atoms with E-state index in [1.807, 2.05) is 0 Å². The van der Waals surface area contributed by atoms with Gasteiger partial charge in [0.15, 0.2) is 11.5 Å². The molecule has 1 saturated carbocycles. The van der Waals surface area contributed by atoms with E-state index in [1.165, 1.54) is 11.8 Å². The Labute approximate surface area is 229 Å². The van der Waals surface area contributed by atoms with Gasteiger partial charge in [0.2, 0.25) is 28.6 Å². The largest absolute Gasteiger partial charge is 0.454 e. The fourth-order valence-electron chi connectivity index (χ4n) is 4.72. The van der Waals surface area contributed by atoms with Crippen molar-refractivity contribution in [2.24, 2.45) is 0 Å². The van der Waals surface area contributed by atoms with Crippen molar-refractivity contribution in [3.8, 4) is 11.5 Å². The van der Waals surface area contributed by atoms with Gasteiger partial charge in [0.1, 0.15) is 12.6 Å². The summed E-state index contributed by atoms with van der Waals surface area (Å²) in [6, 6.07) is 11.0. The molecular weight excluding hydrogens is 530 g/mol. The molecule has 9 nitrogen and oxygen atoms in total. The van der Waals surface area contributed by atoms with Crippen molar-refractivity contribution >= 4 is 39.1 Å². The van der Waals surface area contributed by atoms with Crippen LogP contribution in [0.1, 0.15) is 51.5 Å². The van der Waals surface area contributed by atoms with E-state index in [0.29, 0.717) is 22.1 Å². The highest BCUT2D eigenvalue weighted by Crippen LogP contribution is 2.36. The third kappa shape index (κ3) is 6.53. The first-order valence-corrected chi connectivity index (χ1v) is 14.9. The minimum atomic E-state index is -3.85. The summed E-state index contributed by atoms with van der Waals surface area (Å²) in [6.07, 6.45) is 5.08. The van der Waals surface area contributed by atoms with Crippen LogP contribution in [0.4, 0.5) is 5.69 Å². The van der Waals surface area contributed by atoms with Crippen LogP contribution in [0.2, 0.25) is 5.02 Å². The molecule has 1 N–H and O–H groups in total. The maximum absolute atomic E-state index is 13.8. The fourth-order valence-corrected chi connectivity index (χ4v) is 5.97. The monoisotopic (exact) mass is 563 g/mol. The van der Waals surface area contributed by atoms with E-state index < -0.39 is 28.5 Å². The number of benzene rings is 2. The number of sulfonamides is 1. The summed E-state index contributed by atoms with van der Waals surface area (Å²) in [4.78, 5) is 28.5. The van der Waals surface area contributed by atoms with Crippen molar-refractivity contribution in [3.05, 3.63) is 53.1 Å². The number of rotatable bonds is 10. The van der Waals surface area contributed by atoms with Crippen LogP contribution in [0.25, 0.3) is 0 Å². The number of ether oxygens (including phenoxy) is 2. The minimum Gasteiger partial charge on any atom is -0.454 e. The molecule has 0 unspecified atom stereocenters. The van der Waals surface area contributed by atoms with E-state index >= 15 is 0 Å². The average molecular weight is 564 g/mol. The van der Waals surface area contributed by atoms with Gasteiger partial charge in [-0.15, -0.1) is 0 Å². The first-order chi connectivity index (χ1) is 18.2. The van der Waals surface area contributed by atoms with E-state index in [1.54, 1.807) is 49.4 Å². The molecule has 2 aromatic rings. The molecule has 0 radical (unpaired) electrons. The van der Waals surface area contributed by atoms with Gasteiger partial charge in [0.05, 0.1) is 11.4 Å². The van der Waals surface area contributed by atoms with E-state index in [2.05, 4.69) is 5.32 Å². The molecule has 11 heteroatoms. The SMILES string of the molecule is CCS(=O)(=O)N(CC(=O)N(Cc1ccccc1Cl)[C@H](C)C(=O)NC1CCCCC1)c1ccc2c(c1)OCO2. The third-order valence-corrected chi connectivity index (χ3v) is 9.15. The second-order valence-corrected chi connectivity index (χ2v) is 12.2. The molecule has 1 fully saturated rings. The molecule has 2 aliphatic rings. The zero-order chi connectivity index (χ0) is 27.3. The topological polar surface area (TPSA) is 105 Å². The number of hydrogen-bond donors (Lipinski definition) is 1.